The van der Waals surface area contributed by atoms with Gasteiger partial charge < -0.3 is 9.47 Å². The number of aryl methyl sites for hydroxylation is 2. The molecule has 1 fully saturated rings. The number of fused-ring (bicyclic) bond motifs is 2. The van der Waals surface area contributed by atoms with Crippen molar-refractivity contribution in [1.29, 1.82) is 0 Å². The number of nitrogens with zero attached hydrogens (tertiary/aromatic N) is 4. The molecular weight excluding hydrogens is 424 g/mol. The zero-order chi connectivity index (χ0) is 22.3. The Balaban J connectivity index is 1.20. The molecule has 8 heteroatoms. The SMILES string of the molecule is CC1c2cccn2CCN1CC(=O)N1CCN(S(=O)(=O)c2ccc3c(c2)CCCC3)CC1. The van der Waals surface area contributed by atoms with E-state index < -0.39 is 10.0 Å². The molecule has 3 aliphatic rings. The summed E-state index contributed by atoms with van der Waals surface area (Å²) >= 11 is 0. The topological polar surface area (TPSA) is 65.9 Å². The second-order valence-electron chi connectivity index (χ2n) is 9.20. The van der Waals surface area contributed by atoms with Gasteiger partial charge in [0.2, 0.25) is 15.9 Å². The molecule has 2 aliphatic heterocycles. The number of amides is 1. The van der Waals surface area contributed by atoms with Crippen molar-refractivity contribution in [3.05, 3.63) is 53.3 Å². The molecule has 1 aromatic carbocycles. The normalized spacial score (nSPS) is 22.4. The predicted octanol–water partition coefficient (Wildman–Crippen LogP) is 2.28. The van der Waals surface area contributed by atoms with Crippen LogP contribution >= 0.6 is 0 Å². The van der Waals surface area contributed by atoms with Gasteiger partial charge in [0.25, 0.3) is 0 Å². The van der Waals surface area contributed by atoms with Gasteiger partial charge in [-0.3, -0.25) is 9.69 Å². The maximum Gasteiger partial charge on any atom is 0.243 e. The molecular formula is C24H32N4O3S. The van der Waals surface area contributed by atoms with Crippen LogP contribution in [0.3, 0.4) is 0 Å². The van der Waals surface area contributed by atoms with Gasteiger partial charge in [-0.25, -0.2) is 8.42 Å². The minimum atomic E-state index is -3.53. The highest BCUT2D eigenvalue weighted by Crippen LogP contribution is 2.27. The maximum absolute atomic E-state index is 13.2. The number of hydrogen-bond donors (Lipinski definition) is 0. The first kappa shape index (κ1) is 21.7. The van der Waals surface area contributed by atoms with E-state index in [0.717, 1.165) is 32.4 Å². The molecule has 32 heavy (non-hydrogen) atoms. The van der Waals surface area contributed by atoms with E-state index in [-0.39, 0.29) is 11.9 Å². The maximum atomic E-state index is 13.2. The fourth-order valence-electron chi connectivity index (χ4n) is 5.31. The number of carbonyl (C=O) groups is 1. The van der Waals surface area contributed by atoms with Gasteiger partial charge in [-0.2, -0.15) is 4.31 Å². The monoisotopic (exact) mass is 456 g/mol. The van der Waals surface area contributed by atoms with Gasteiger partial charge in [0.05, 0.1) is 11.4 Å². The van der Waals surface area contributed by atoms with E-state index in [1.54, 1.807) is 6.07 Å². The second-order valence-corrected chi connectivity index (χ2v) is 11.1. The van der Waals surface area contributed by atoms with Crippen molar-refractivity contribution < 1.29 is 13.2 Å². The first-order chi connectivity index (χ1) is 15.4. The molecule has 0 N–H and O–H groups in total. The highest BCUT2D eigenvalue weighted by atomic mass is 32.2. The average Bonchev–Trinajstić information content (AvgIpc) is 3.30. The van der Waals surface area contributed by atoms with Gasteiger partial charge in [-0.1, -0.05) is 6.07 Å². The summed E-state index contributed by atoms with van der Waals surface area (Å²) in [6, 6.07) is 9.98. The van der Waals surface area contributed by atoms with Crippen LogP contribution in [0.4, 0.5) is 0 Å². The molecule has 0 bridgehead atoms. The van der Waals surface area contributed by atoms with E-state index in [2.05, 4.69) is 34.7 Å². The van der Waals surface area contributed by atoms with Gasteiger partial charge in [0, 0.05) is 57.2 Å². The Morgan fingerprint density at radius 3 is 2.50 bits per heavy atom. The van der Waals surface area contributed by atoms with E-state index in [1.165, 1.54) is 27.5 Å². The molecule has 172 valence electrons. The summed E-state index contributed by atoms with van der Waals surface area (Å²) in [5, 5.41) is 0. The van der Waals surface area contributed by atoms with Gasteiger partial charge in [-0.05, 0) is 68.0 Å². The van der Waals surface area contributed by atoms with Crippen molar-refractivity contribution in [3.63, 3.8) is 0 Å². The van der Waals surface area contributed by atoms with Crippen LogP contribution in [0, 0.1) is 0 Å². The summed E-state index contributed by atoms with van der Waals surface area (Å²) in [5.74, 6) is 0.0858. The average molecular weight is 457 g/mol. The number of piperazine rings is 1. The number of rotatable bonds is 4. The number of benzene rings is 1. The van der Waals surface area contributed by atoms with E-state index in [9.17, 15) is 13.2 Å². The lowest BCUT2D eigenvalue weighted by Crippen LogP contribution is -2.53. The molecule has 1 unspecified atom stereocenters. The molecule has 0 saturated carbocycles. The van der Waals surface area contributed by atoms with Gasteiger partial charge in [0.1, 0.15) is 0 Å². The van der Waals surface area contributed by atoms with E-state index in [1.807, 2.05) is 17.0 Å². The number of sulfonamides is 1. The Bertz CT molecular complexity index is 1100. The lowest BCUT2D eigenvalue weighted by atomic mass is 9.92. The van der Waals surface area contributed by atoms with Gasteiger partial charge in [0.15, 0.2) is 0 Å². The van der Waals surface area contributed by atoms with Crippen molar-refractivity contribution in [2.75, 3.05) is 39.3 Å². The van der Waals surface area contributed by atoms with E-state index in [0.29, 0.717) is 37.6 Å². The third-order valence-electron chi connectivity index (χ3n) is 7.36. The van der Waals surface area contributed by atoms with E-state index in [4.69, 9.17) is 0 Å². The third-order valence-corrected chi connectivity index (χ3v) is 9.25. The predicted molar refractivity (Wildman–Crippen MR) is 123 cm³/mol. The molecule has 1 atom stereocenters. The fourth-order valence-corrected chi connectivity index (χ4v) is 6.79. The molecule has 0 spiro atoms. The summed E-state index contributed by atoms with van der Waals surface area (Å²) < 4.78 is 30.2. The van der Waals surface area contributed by atoms with Crippen molar-refractivity contribution in [2.24, 2.45) is 0 Å². The second kappa shape index (κ2) is 8.65. The standard InChI is InChI=1S/C24H32N4O3S/c1-19-23-7-4-10-25(23)11-12-27(19)18-24(29)26-13-15-28(16-14-26)32(30,31)22-9-8-20-5-2-3-6-21(20)17-22/h4,7-10,17,19H,2-3,5-6,11-16,18H2,1H3. The molecule has 2 aromatic rings. The Labute approximate surface area is 190 Å². The summed E-state index contributed by atoms with van der Waals surface area (Å²) in [4.78, 5) is 17.4. The summed E-state index contributed by atoms with van der Waals surface area (Å²) in [6.07, 6.45) is 6.39. The molecule has 1 aliphatic carbocycles. The van der Waals surface area contributed by atoms with Crippen LogP contribution in [-0.4, -0.2) is 72.3 Å². The molecule has 5 rings (SSSR count). The first-order valence-electron chi connectivity index (χ1n) is 11.7. The third kappa shape index (κ3) is 4.00. The summed E-state index contributed by atoms with van der Waals surface area (Å²) in [5.41, 5.74) is 3.70. The van der Waals surface area contributed by atoms with Crippen LogP contribution in [0.25, 0.3) is 0 Å². The van der Waals surface area contributed by atoms with Gasteiger partial charge >= 0.3 is 0 Å². The fraction of sp³-hybridized carbons (Fsp3) is 0.542. The van der Waals surface area contributed by atoms with Gasteiger partial charge in [-0.15, -0.1) is 0 Å². The highest BCUT2D eigenvalue weighted by molar-refractivity contribution is 7.89. The molecule has 7 nitrogen and oxygen atoms in total. The summed E-state index contributed by atoms with van der Waals surface area (Å²) in [7, 11) is -3.53. The molecule has 0 radical (unpaired) electrons. The molecule has 1 aromatic heterocycles. The van der Waals surface area contributed by atoms with Crippen molar-refractivity contribution in [2.45, 2.75) is 50.1 Å². The van der Waals surface area contributed by atoms with E-state index >= 15 is 0 Å². The minimum absolute atomic E-state index is 0.0858. The largest absolute Gasteiger partial charge is 0.349 e. The number of carbonyl (C=O) groups excluding carboxylic acids is 1. The quantitative estimate of drug-likeness (QED) is 0.708. The molecule has 1 saturated heterocycles. The Morgan fingerprint density at radius 2 is 1.72 bits per heavy atom. The van der Waals surface area contributed by atoms with Crippen molar-refractivity contribution in [3.8, 4) is 0 Å². The Morgan fingerprint density at radius 1 is 0.969 bits per heavy atom. The lowest BCUT2D eigenvalue weighted by Gasteiger charge is -2.38. The highest BCUT2D eigenvalue weighted by Gasteiger charge is 2.32. The Hall–Kier alpha value is -2.16. The van der Waals surface area contributed by atoms with Crippen molar-refractivity contribution >= 4 is 15.9 Å². The smallest absolute Gasteiger partial charge is 0.243 e. The molecule has 3 heterocycles. The van der Waals surface area contributed by atoms with Crippen LogP contribution in [0.1, 0.15) is 42.6 Å². The zero-order valence-corrected chi connectivity index (χ0v) is 19.6. The first-order valence-corrected chi connectivity index (χ1v) is 13.2. The van der Waals surface area contributed by atoms with Crippen LogP contribution in [0.15, 0.2) is 41.4 Å². The molecule has 1 amide bonds. The Kier molecular flexibility index (Phi) is 5.86. The van der Waals surface area contributed by atoms with Crippen LogP contribution in [0.2, 0.25) is 0 Å². The van der Waals surface area contributed by atoms with Crippen LogP contribution in [0.5, 0.6) is 0 Å². The zero-order valence-electron chi connectivity index (χ0n) is 18.7. The van der Waals surface area contributed by atoms with Crippen LogP contribution in [-0.2, 0) is 34.2 Å². The number of hydrogen-bond acceptors (Lipinski definition) is 4. The summed E-state index contributed by atoms with van der Waals surface area (Å²) in [6.45, 7) is 5.86. The minimum Gasteiger partial charge on any atom is -0.349 e. The lowest BCUT2D eigenvalue weighted by molar-refractivity contribution is -0.134. The van der Waals surface area contributed by atoms with Crippen molar-refractivity contribution in [1.82, 2.24) is 18.7 Å². The number of aromatic nitrogens is 1. The van der Waals surface area contributed by atoms with Crippen LogP contribution < -0.4 is 0 Å².